The number of rotatable bonds is 3. The van der Waals surface area contributed by atoms with E-state index >= 15 is 0 Å². The number of hydrogen-bond donors (Lipinski definition) is 0. The highest BCUT2D eigenvalue weighted by atomic mass is 16.6. The van der Waals surface area contributed by atoms with Gasteiger partial charge in [0.1, 0.15) is 0 Å². The van der Waals surface area contributed by atoms with Crippen molar-refractivity contribution in [3.8, 4) is 0 Å². The Balaban J connectivity index is 0.000000461. The molecule has 0 aliphatic carbocycles. The first-order chi connectivity index (χ1) is 6.86. The Morgan fingerprint density at radius 2 is 1.86 bits per heavy atom. The number of benzene rings is 1. The van der Waals surface area contributed by atoms with Crippen LogP contribution < -0.4 is 0 Å². The standard InChI is InChI=1S/C11H14O.C2H6/c1-9(7-11-8-12-11)10-5-3-2-4-6-10;1-2/h2-6,9,11H,7-8H2,1H3;1-2H3. The average Bonchev–Trinajstić information content (AvgIpc) is 3.06. The molecule has 0 amide bonds. The Morgan fingerprint density at radius 3 is 2.36 bits per heavy atom. The van der Waals surface area contributed by atoms with Crippen molar-refractivity contribution in [1.82, 2.24) is 0 Å². The number of ether oxygens (including phenoxy) is 1. The predicted molar refractivity (Wildman–Crippen MR) is 60.6 cm³/mol. The molecule has 1 aliphatic rings. The average molecular weight is 192 g/mol. The van der Waals surface area contributed by atoms with Crippen molar-refractivity contribution in [2.75, 3.05) is 6.61 Å². The van der Waals surface area contributed by atoms with Crippen molar-refractivity contribution < 1.29 is 4.74 Å². The molecule has 1 fully saturated rings. The molecule has 0 N–H and O–H groups in total. The molecule has 1 aromatic rings. The Bertz CT molecular complexity index is 239. The van der Waals surface area contributed by atoms with E-state index in [1.54, 1.807) is 0 Å². The molecular weight excluding hydrogens is 172 g/mol. The van der Waals surface area contributed by atoms with Crippen LogP contribution in [-0.2, 0) is 4.74 Å². The molecule has 0 spiro atoms. The fourth-order valence-corrected chi connectivity index (χ4v) is 1.52. The van der Waals surface area contributed by atoms with E-state index in [2.05, 4.69) is 37.3 Å². The Labute approximate surface area is 87.1 Å². The van der Waals surface area contributed by atoms with Gasteiger partial charge >= 0.3 is 0 Å². The highest BCUT2D eigenvalue weighted by molar-refractivity contribution is 5.18. The summed E-state index contributed by atoms with van der Waals surface area (Å²) in [6.45, 7) is 7.23. The molecule has 1 saturated heterocycles. The summed E-state index contributed by atoms with van der Waals surface area (Å²) in [4.78, 5) is 0. The predicted octanol–water partition coefficient (Wildman–Crippen LogP) is 3.61. The highest BCUT2D eigenvalue weighted by Gasteiger charge is 2.24. The third kappa shape index (κ3) is 3.51. The zero-order chi connectivity index (χ0) is 10.4. The summed E-state index contributed by atoms with van der Waals surface area (Å²) < 4.78 is 5.20. The lowest BCUT2D eigenvalue weighted by Crippen LogP contribution is -1.97. The number of epoxide rings is 1. The molecule has 1 heterocycles. The van der Waals surface area contributed by atoms with Crippen LogP contribution in [0.3, 0.4) is 0 Å². The monoisotopic (exact) mass is 192 g/mol. The third-order valence-corrected chi connectivity index (χ3v) is 2.39. The minimum Gasteiger partial charge on any atom is -0.373 e. The maximum absolute atomic E-state index is 5.20. The van der Waals surface area contributed by atoms with E-state index in [1.165, 1.54) is 12.0 Å². The molecule has 1 aromatic carbocycles. The Hall–Kier alpha value is -0.820. The molecule has 0 radical (unpaired) electrons. The van der Waals surface area contributed by atoms with Gasteiger partial charge in [-0.05, 0) is 17.9 Å². The summed E-state index contributed by atoms with van der Waals surface area (Å²) >= 11 is 0. The second kappa shape index (κ2) is 5.82. The lowest BCUT2D eigenvalue weighted by molar-refractivity contribution is 0.385. The molecule has 78 valence electrons. The van der Waals surface area contributed by atoms with Gasteiger partial charge in [0.05, 0.1) is 12.7 Å². The van der Waals surface area contributed by atoms with E-state index in [0.29, 0.717) is 12.0 Å². The van der Waals surface area contributed by atoms with Crippen molar-refractivity contribution in [3.63, 3.8) is 0 Å². The van der Waals surface area contributed by atoms with E-state index in [4.69, 9.17) is 4.74 Å². The topological polar surface area (TPSA) is 12.5 Å². The summed E-state index contributed by atoms with van der Waals surface area (Å²) in [5.74, 6) is 0.638. The zero-order valence-corrected chi connectivity index (χ0v) is 9.36. The molecule has 1 aliphatic heterocycles. The van der Waals surface area contributed by atoms with Gasteiger partial charge < -0.3 is 4.74 Å². The SMILES string of the molecule is CC.CC(CC1CO1)c1ccccc1. The zero-order valence-electron chi connectivity index (χ0n) is 9.36. The first kappa shape index (κ1) is 11.3. The third-order valence-electron chi connectivity index (χ3n) is 2.39. The fraction of sp³-hybridized carbons (Fsp3) is 0.538. The molecule has 0 saturated carbocycles. The van der Waals surface area contributed by atoms with E-state index in [-0.39, 0.29) is 0 Å². The van der Waals surface area contributed by atoms with E-state index < -0.39 is 0 Å². The normalized spacial score (nSPS) is 20.6. The van der Waals surface area contributed by atoms with Crippen LogP contribution in [0.1, 0.15) is 38.7 Å². The quantitative estimate of drug-likeness (QED) is 0.666. The highest BCUT2D eigenvalue weighted by Crippen LogP contribution is 2.26. The maximum Gasteiger partial charge on any atom is 0.0815 e. The van der Waals surface area contributed by atoms with Gasteiger partial charge in [0.15, 0.2) is 0 Å². The summed E-state index contributed by atoms with van der Waals surface area (Å²) in [7, 11) is 0. The molecule has 0 bridgehead atoms. The van der Waals surface area contributed by atoms with Gasteiger partial charge in [0.2, 0.25) is 0 Å². The van der Waals surface area contributed by atoms with Crippen LogP contribution in [0.15, 0.2) is 30.3 Å². The van der Waals surface area contributed by atoms with Crippen LogP contribution >= 0.6 is 0 Å². The summed E-state index contributed by atoms with van der Waals surface area (Å²) in [5, 5.41) is 0. The van der Waals surface area contributed by atoms with Crippen LogP contribution in [0.4, 0.5) is 0 Å². The Morgan fingerprint density at radius 1 is 1.29 bits per heavy atom. The van der Waals surface area contributed by atoms with Crippen molar-refractivity contribution in [2.24, 2.45) is 0 Å². The van der Waals surface area contributed by atoms with Crippen molar-refractivity contribution >= 4 is 0 Å². The minimum atomic E-state index is 0.542. The summed E-state index contributed by atoms with van der Waals surface area (Å²) in [6.07, 6.45) is 1.71. The molecule has 2 unspecified atom stereocenters. The van der Waals surface area contributed by atoms with Crippen LogP contribution in [-0.4, -0.2) is 12.7 Å². The van der Waals surface area contributed by atoms with Gasteiger partial charge in [-0.25, -0.2) is 0 Å². The second-order valence-electron chi connectivity index (χ2n) is 3.50. The molecule has 0 aromatic heterocycles. The van der Waals surface area contributed by atoms with Gasteiger partial charge in [-0.15, -0.1) is 0 Å². The lowest BCUT2D eigenvalue weighted by Gasteiger charge is -2.08. The fourth-order valence-electron chi connectivity index (χ4n) is 1.52. The van der Waals surface area contributed by atoms with Crippen LogP contribution in [0, 0.1) is 0 Å². The Kier molecular flexibility index (Phi) is 4.68. The molecule has 1 heteroatoms. The van der Waals surface area contributed by atoms with E-state index in [1.807, 2.05) is 13.8 Å². The van der Waals surface area contributed by atoms with Crippen molar-refractivity contribution in [2.45, 2.75) is 39.2 Å². The molecular formula is C13H20O. The van der Waals surface area contributed by atoms with Crippen LogP contribution in [0.25, 0.3) is 0 Å². The first-order valence-corrected chi connectivity index (χ1v) is 5.53. The smallest absolute Gasteiger partial charge is 0.0815 e. The first-order valence-electron chi connectivity index (χ1n) is 5.53. The van der Waals surface area contributed by atoms with Gasteiger partial charge in [-0.2, -0.15) is 0 Å². The van der Waals surface area contributed by atoms with Crippen LogP contribution in [0.5, 0.6) is 0 Å². The summed E-state index contributed by atoms with van der Waals surface area (Å²) in [5.41, 5.74) is 1.42. The molecule has 2 atom stereocenters. The molecule has 1 nitrogen and oxygen atoms in total. The second-order valence-corrected chi connectivity index (χ2v) is 3.50. The lowest BCUT2D eigenvalue weighted by atomic mass is 9.97. The van der Waals surface area contributed by atoms with Gasteiger partial charge in [-0.3, -0.25) is 0 Å². The van der Waals surface area contributed by atoms with Gasteiger partial charge in [0, 0.05) is 0 Å². The van der Waals surface area contributed by atoms with Crippen molar-refractivity contribution in [3.05, 3.63) is 35.9 Å². The molecule has 2 rings (SSSR count). The van der Waals surface area contributed by atoms with E-state index in [9.17, 15) is 0 Å². The van der Waals surface area contributed by atoms with Crippen molar-refractivity contribution in [1.29, 1.82) is 0 Å². The van der Waals surface area contributed by atoms with E-state index in [0.717, 1.165) is 6.61 Å². The minimum absolute atomic E-state index is 0.542. The summed E-state index contributed by atoms with van der Waals surface area (Å²) in [6, 6.07) is 10.6. The van der Waals surface area contributed by atoms with Gasteiger partial charge in [-0.1, -0.05) is 51.1 Å². The molecule has 14 heavy (non-hydrogen) atoms. The van der Waals surface area contributed by atoms with Gasteiger partial charge in [0.25, 0.3) is 0 Å². The maximum atomic E-state index is 5.20. The number of hydrogen-bond acceptors (Lipinski definition) is 1. The largest absolute Gasteiger partial charge is 0.373 e. The van der Waals surface area contributed by atoms with Crippen LogP contribution in [0.2, 0.25) is 0 Å².